The number of carbonyl (C=O) groups is 2. The summed E-state index contributed by atoms with van der Waals surface area (Å²) in [5, 5.41) is 3.42. The molecule has 0 atom stereocenters. The van der Waals surface area contributed by atoms with Gasteiger partial charge in [0.2, 0.25) is 0 Å². The summed E-state index contributed by atoms with van der Waals surface area (Å²) < 4.78 is 16.3. The van der Waals surface area contributed by atoms with Crippen molar-refractivity contribution in [3.8, 4) is 11.5 Å². The SMILES string of the molecule is O=C(CNC(=O)c1ccc(Cl)cc1)OCc1cc(Cl)c2c(c1)OCCCO2. The molecule has 3 rings (SSSR count). The number of hydrogen-bond donors (Lipinski definition) is 1. The molecule has 0 radical (unpaired) electrons. The van der Waals surface area contributed by atoms with Gasteiger partial charge in [0.1, 0.15) is 13.2 Å². The van der Waals surface area contributed by atoms with Gasteiger partial charge in [0.15, 0.2) is 11.5 Å². The van der Waals surface area contributed by atoms with E-state index in [2.05, 4.69) is 5.32 Å². The molecule has 142 valence electrons. The first-order chi connectivity index (χ1) is 13.0. The van der Waals surface area contributed by atoms with Crippen molar-refractivity contribution in [2.45, 2.75) is 13.0 Å². The van der Waals surface area contributed by atoms with Crippen molar-refractivity contribution >= 4 is 35.1 Å². The minimum atomic E-state index is -0.569. The van der Waals surface area contributed by atoms with Crippen LogP contribution in [0.3, 0.4) is 0 Å². The molecule has 6 nitrogen and oxygen atoms in total. The van der Waals surface area contributed by atoms with Gasteiger partial charge in [-0.2, -0.15) is 0 Å². The molecule has 1 amide bonds. The summed E-state index contributed by atoms with van der Waals surface area (Å²) in [6, 6.07) is 9.73. The lowest BCUT2D eigenvalue weighted by Crippen LogP contribution is -2.30. The Labute approximate surface area is 166 Å². The van der Waals surface area contributed by atoms with Gasteiger partial charge in [-0.25, -0.2) is 0 Å². The number of carbonyl (C=O) groups excluding carboxylic acids is 2. The molecule has 0 saturated heterocycles. The molecule has 0 saturated carbocycles. The highest BCUT2D eigenvalue weighted by molar-refractivity contribution is 6.32. The van der Waals surface area contributed by atoms with E-state index in [4.69, 9.17) is 37.4 Å². The Morgan fingerprint density at radius 1 is 1.07 bits per heavy atom. The zero-order valence-corrected chi connectivity index (χ0v) is 15.8. The fourth-order valence-corrected chi connectivity index (χ4v) is 2.85. The standard InChI is InChI=1S/C19H17Cl2NO5/c20-14-4-2-13(3-5-14)19(24)22-10-17(23)27-11-12-8-15(21)18-16(9-12)25-6-1-7-26-18/h2-5,8-9H,1,6-7,10-11H2,(H,22,24). The zero-order valence-electron chi connectivity index (χ0n) is 14.3. The molecule has 1 heterocycles. The Morgan fingerprint density at radius 3 is 2.59 bits per heavy atom. The average molecular weight is 410 g/mol. The van der Waals surface area contributed by atoms with Crippen LogP contribution in [0.4, 0.5) is 0 Å². The number of nitrogens with one attached hydrogen (secondary N) is 1. The summed E-state index contributed by atoms with van der Waals surface area (Å²) in [5.41, 5.74) is 1.07. The van der Waals surface area contributed by atoms with Gasteiger partial charge >= 0.3 is 5.97 Å². The summed E-state index contributed by atoms with van der Waals surface area (Å²) in [7, 11) is 0. The molecule has 0 aliphatic carbocycles. The smallest absolute Gasteiger partial charge is 0.325 e. The molecule has 0 fully saturated rings. The van der Waals surface area contributed by atoms with E-state index in [1.54, 1.807) is 36.4 Å². The van der Waals surface area contributed by atoms with Crippen molar-refractivity contribution in [1.29, 1.82) is 0 Å². The Hall–Kier alpha value is -2.44. The fourth-order valence-electron chi connectivity index (χ4n) is 2.44. The van der Waals surface area contributed by atoms with Gasteiger partial charge in [-0.3, -0.25) is 9.59 Å². The Kier molecular flexibility index (Phi) is 6.42. The largest absolute Gasteiger partial charge is 0.489 e. The van der Waals surface area contributed by atoms with Crippen LogP contribution >= 0.6 is 23.2 Å². The van der Waals surface area contributed by atoms with Gasteiger partial charge < -0.3 is 19.5 Å². The molecule has 0 spiro atoms. The molecule has 1 N–H and O–H groups in total. The van der Waals surface area contributed by atoms with E-state index in [1.807, 2.05) is 0 Å². The van der Waals surface area contributed by atoms with Crippen LogP contribution < -0.4 is 14.8 Å². The van der Waals surface area contributed by atoms with Crippen molar-refractivity contribution < 1.29 is 23.8 Å². The van der Waals surface area contributed by atoms with Crippen molar-refractivity contribution in [3.63, 3.8) is 0 Å². The van der Waals surface area contributed by atoms with Crippen LogP contribution in [0.15, 0.2) is 36.4 Å². The topological polar surface area (TPSA) is 73.9 Å². The predicted octanol–water partition coefficient (Wildman–Crippen LogP) is 3.63. The van der Waals surface area contributed by atoms with Gasteiger partial charge in [-0.05, 0) is 42.0 Å². The number of ether oxygens (including phenoxy) is 3. The number of fused-ring (bicyclic) bond motifs is 1. The maximum absolute atomic E-state index is 12.0. The van der Waals surface area contributed by atoms with Crippen LogP contribution in [0, 0.1) is 0 Å². The second-order valence-electron chi connectivity index (χ2n) is 5.81. The monoisotopic (exact) mass is 409 g/mol. The Morgan fingerprint density at radius 2 is 1.81 bits per heavy atom. The number of rotatable bonds is 5. The average Bonchev–Trinajstić information content (AvgIpc) is 2.91. The van der Waals surface area contributed by atoms with E-state index >= 15 is 0 Å². The number of benzene rings is 2. The van der Waals surface area contributed by atoms with Crippen molar-refractivity contribution in [3.05, 3.63) is 57.6 Å². The summed E-state index contributed by atoms with van der Waals surface area (Å²) >= 11 is 12.0. The summed E-state index contributed by atoms with van der Waals surface area (Å²) in [5.74, 6) is 0.0735. The minimum Gasteiger partial charge on any atom is -0.489 e. The van der Waals surface area contributed by atoms with E-state index in [1.165, 1.54) is 0 Å². The molecule has 0 bridgehead atoms. The maximum atomic E-state index is 12.0. The van der Waals surface area contributed by atoms with E-state index in [-0.39, 0.29) is 19.1 Å². The Balaban J connectivity index is 1.52. The van der Waals surface area contributed by atoms with Crippen molar-refractivity contribution in [2.75, 3.05) is 19.8 Å². The van der Waals surface area contributed by atoms with Crippen molar-refractivity contribution in [1.82, 2.24) is 5.32 Å². The van der Waals surface area contributed by atoms with Gasteiger partial charge in [-0.1, -0.05) is 23.2 Å². The molecule has 0 unspecified atom stereocenters. The van der Waals surface area contributed by atoms with Crippen LogP contribution in [0.25, 0.3) is 0 Å². The number of amides is 1. The molecule has 0 aromatic heterocycles. The summed E-state index contributed by atoms with van der Waals surface area (Å²) in [6.45, 7) is 0.823. The lowest BCUT2D eigenvalue weighted by Gasteiger charge is -2.12. The zero-order chi connectivity index (χ0) is 19.2. The third-order valence-electron chi connectivity index (χ3n) is 3.76. The lowest BCUT2D eigenvalue weighted by molar-refractivity contribution is -0.143. The third-order valence-corrected chi connectivity index (χ3v) is 4.29. The minimum absolute atomic E-state index is 0.00596. The van der Waals surface area contributed by atoms with Crippen LogP contribution in [0.1, 0.15) is 22.3 Å². The predicted molar refractivity (Wildman–Crippen MR) is 101 cm³/mol. The molecule has 27 heavy (non-hydrogen) atoms. The van der Waals surface area contributed by atoms with Gasteiger partial charge in [0.25, 0.3) is 5.91 Å². The van der Waals surface area contributed by atoms with Crippen molar-refractivity contribution in [2.24, 2.45) is 0 Å². The van der Waals surface area contributed by atoms with E-state index in [9.17, 15) is 9.59 Å². The molecule has 1 aliphatic rings. The van der Waals surface area contributed by atoms with Gasteiger partial charge in [-0.15, -0.1) is 0 Å². The maximum Gasteiger partial charge on any atom is 0.325 e. The van der Waals surface area contributed by atoms with E-state index in [0.29, 0.717) is 45.9 Å². The second kappa shape index (κ2) is 8.97. The second-order valence-corrected chi connectivity index (χ2v) is 6.65. The Bertz CT molecular complexity index is 839. The fraction of sp³-hybridized carbons (Fsp3) is 0.263. The van der Waals surface area contributed by atoms with Gasteiger partial charge in [0.05, 0.1) is 18.2 Å². The molecule has 8 heteroatoms. The highest BCUT2D eigenvalue weighted by atomic mass is 35.5. The molecular formula is C19H17Cl2NO5. The first kappa shape index (κ1) is 19.3. The third kappa shape index (κ3) is 5.28. The lowest BCUT2D eigenvalue weighted by atomic mass is 10.2. The van der Waals surface area contributed by atoms with E-state index in [0.717, 1.165) is 6.42 Å². The van der Waals surface area contributed by atoms with Gasteiger partial charge in [0, 0.05) is 17.0 Å². The first-order valence-electron chi connectivity index (χ1n) is 8.30. The van der Waals surface area contributed by atoms with E-state index < -0.39 is 5.97 Å². The summed E-state index contributed by atoms with van der Waals surface area (Å²) in [6.07, 6.45) is 0.767. The summed E-state index contributed by atoms with van der Waals surface area (Å²) in [4.78, 5) is 23.9. The molecular weight excluding hydrogens is 393 g/mol. The number of hydrogen-bond acceptors (Lipinski definition) is 5. The van der Waals surface area contributed by atoms with Crippen LogP contribution in [0.2, 0.25) is 10.0 Å². The normalized spacial score (nSPS) is 12.8. The molecule has 1 aliphatic heterocycles. The molecule has 2 aromatic carbocycles. The highest BCUT2D eigenvalue weighted by Gasteiger charge is 2.16. The first-order valence-corrected chi connectivity index (χ1v) is 9.06. The quantitative estimate of drug-likeness (QED) is 0.763. The van der Waals surface area contributed by atoms with Crippen LogP contribution in [0.5, 0.6) is 11.5 Å². The van der Waals surface area contributed by atoms with Crippen LogP contribution in [-0.2, 0) is 16.1 Å². The highest BCUT2D eigenvalue weighted by Crippen LogP contribution is 2.38. The molecule has 2 aromatic rings. The number of esters is 1. The van der Waals surface area contributed by atoms with Crippen LogP contribution in [-0.4, -0.2) is 31.6 Å². The number of halogens is 2.